The topological polar surface area (TPSA) is 68.8 Å². The predicted octanol–water partition coefficient (Wildman–Crippen LogP) is 1.41. The molecule has 102 valence electrons. The molecular formula is C14H15N5O. The molecule has 0 aliphatic rings. The maximum absolute atomic E-state index is 10.3. The van der Waals surface area contributed by atoms with Crippen LogP contribution in [0.4, 0.5) is 0 Å². The number of imidazole rings is 2. The first-order chi connectivity index (χ1) is 9.75. The number of aliphatic hydroxyl groups is 1. The average Bonchev–Trinajstić information content (AvgIpc) is 3.08. The van der Waals surface area contributed by atoms with E-state index < -0.39 is 6.10 Å². The van der Waals surface area contributed by atoms with Gasteiger partial charge in [-0.15, -0.1) is 0 Å². The number of hydrogen-bond acceptors (Lipinski definition) is 4. The standard InChI is InChI=1S/C14H15N5O/c1-18-7-5-16-13(18)14-17-6-8-19(14)10-12(20)11-3-2-4-15-9-11/h2-9,12,20H,10H2,1H3/t12-/m0/s1. The molecule has 0 amide bonds. The van der Waals surface area contributed by atoms with E-state index in [0.29, 0.717) is 6.54 Å². The summed E-state index contributed by atoms with van der Waals surface area (Å²) in [6.45, 7) is 0.411. The smallest absolute Gasteiger partial charge is 0.176 e. The van der Waals surface area contributed by atoms with E-state index in [1.165, 1.54) is 0 Å². The van der Waals surface area contributed by atoms with E-state index in [1.807, 2.05) is 40.7 Å². The Hall–Kier alpha value is -2.47. The third-order valence-corrected chi connectivity index (χ3v) is 3.18. The van der Waals surface area contributed by atoms with Crippen molar-refractivity contribution in [2.24, 2.45) is 7.05 Å². The lowest BCUT2D eigenvalue weighted by Crippen LogP contribution is -2.10. The van der Waals surface area contributed by atoms with Gasteiger partial charge < -0.3 is 14.2 Å². The summed E-state index contributed by atoms with van der Waals surface area (Å²) in [6, 6.07) is 3.67. The zero-order valence-electron chi connectivity index (χ0n) is 11.1. The molecular weight excluding hydrogens is 254 g/mol. The van der Waals surface area contributed by atoms with Gasteiger partial charge in [-0.3, -0.25) is 4.98 Å². The van der Waals surface area contributed by atoms with Crippen molar-refractivity contribution in [3.8, 4) is 11.6 Å². The number of rotatable bonds is 4. The summed E-state index contributed by atoms with van der Waals surface area (Å²) >= 11 is 0. The second-order valence-corrected chi connectivity index (χ2v) is 4.57. The normalized spacial score (nSPS) is 12.5. The average molecular weight is 269 g/mol. The number of nitrogens with zero attached hydrogens (tertiary/aromatic N) is 5. The molecule has 6 nitrogen and oxygen atoms in total. The van der Waals surface area contributed by atoms with Crippen LogP contribution < -0.4 is 0 Å². The van der Waals surface area contributed by atoms with Gasteiger partial charge in [0.15, 0.2) is 11.6 Å². The lowest BCUT2D eigenvalue weighted by Gasteiger charge is -2.13. The number of aryl methyl sites for hydroxylation is 1. The van der Waals surface area contributed by atoms with Crippen LogP contribution in [0, 0.1) is 0 Å². The van der Waals surface area contributed by atoms with Gasteiger partial charge in [0, 0.05) is 49.8 Å². The summed E-state index contributed by atoms with van der Waals surface area (Å²) in [5, 5.41) is 10.3. The molecule has 0 aliphatic heterocycles. The molecule has 3 heterocycles. The number of hydrogen-bond donors (Lipinski definition) is 1. The summed E-state index contributed by atoms with van der Waals surface area (Å²) in [5.41, 5.74) is 0.784. The SMILES string of the molecule is Cn1ccnc1-c1nccn1C[C@H](O)c1cccnc1. The van der Waals surface area contributed by atoms with Crippen LogP contribution in [-0.2, 0) is 13.6 Å². The van der Waals surface area contributed by atoms with Gasteiger partial charge in [0.25, 0.3) is 0 Å². The van der Waals surface area contributed by atoms with Crippen LogP contribution in [0.3, 0.4) is 0 Å². The highest BCUT2D eigenvalue weighted by Crippen LogP contribution is 2.19. The maximum atomic E-state index is 10.3. The largest absolute Gasteiger partial charge is 0.386 e. The Bertz CT molecular complexity index is 688. The summed E-state index contributed by atoms with van der Waals surface area (Å²) in [5.74, 6) is 1.51. The van der Waals surface area contributed by atoms with Crippen molar-refractivity contribution in [2.45, 2.75) is 12.6 Å². The van der Waals surface area contributed by atoms with E-state index in [0.717, 1.165) is 17.2 Å². The monoisotopic (exact) mass is 269 g/mol. The van der Waals surface area contributed by atoms with Gasteiger partial charge in [-0.2, -0.15) is 0 Å². The van der Waals surface area contributed by atoms with Gasteiger partial charge in [-0.05, 0) is 6.07 Å². The Morgan fingerprint density at radius 1 is 1.15 bits per heavy atom. The molecule has 6 heteroatoms. The highest BCUT2D eigenvalue weighted by Gasteiger charge is 2.14. The van der Waals surface area contributed by atoms with Crippen molar-refractivity contribution < 1.29 is 5.11 Å². The Morgan fingerprint density at radius 3 is 2.65 bits per heavy atom. The van der Waals surface area contributed by atoms with Gasteiger partial charge >= 0.3 is 0 Å². The van der Waals surface area contributed by atoms with Gasteiger partial charge in [0.05, 0.1) is 12.6 Å². The van der Waals surface area contributed by atoms with Crippen LogP contribution in [0.15, 0.2) is 49.3 Å². The van der Waals surface area contributed by atoms with Crippen molar-refractivity contribution in [3.63, 3.8) is 0 Å². The molecule has 1 N–H and O–H groups in total. The zero-order chi connectivity index (χ0) is 13.9. The number of aromatic nitrogens is 5. The van der Waals surface area contributed by atoms with Crippen molar-refractivity contribution in [1.82, 2.24) is 24.1 Å². The fraction of sp³-hybridized carbons (Fsp3) is 0.214. The van der Waals surface area contributed by atoms with Crippen LogP contribution in [0.5, 0.6) is 0 Å². The molecule has 0 saturated carbocycles. The van der Waals surface area contributed by atoms with E-state index in [9.17, 15) is 5.11 Å². The van der Waals surface area contributed by atoms with Gasteiger partial charge in [-0.1, -0.05) is 6.07 Å². The molecule has 0 unspecified atom stereocenters. The Balaban J connectivity index is 1.86. The predicted molar refractivity (Wildman–Crippen MR) is 73.6 cm³/mol. The maximum Gasteiger partial charge on any atom is 0.176 e. The first kappa shape index (κ1) is 12.6. The minimum atomic E-state index is -0.628. The third-order valence-electron chi connectivity index (χ3n) is 3.18. The quantitative estimate of drug-likeness (QED) is 0.777. The van der Waals surface area contributed by atoms with E-state index in [2.05, 4.69) is 15.0 Å². The molecule has 0 saturated heterocycles. The Labute approximate surface area is 116 Å². The first-order valence-electron chi connectivity index (χ1n) is 6.32. The van der Waals surface area contributed by atoms with Crippen LogP contribution >= 0.6 is 0 Å². The molecule has 3 rings (SSSR count). The molecule has 0 fully saturated rings. The van der Waals surface area contributed by atoms with E-state index >= 15 is 0 Å². The zero-order valence-corrected chi connectivity index (χ0v) is 11.1. The fourth-order valence-electron chi connectivity index (χ4n) is 2.11. The van der Waals surface area contributed by atoms with E-state index in [1.54, 1.807) is 24.8 Å². The second kappa shape index (κ2) is 5.26. The molecule has 0 aliphatic carbocycles. The fourth-order valence-corrected chi connectivity index (χ4v) is 2.11. The van der Waals surface area contributed by atoms with Crippen LogP contribution in [0.1, 0.15) is 11.7 Å². The lowest BCUT2D eigenvalue weighted by atomic mass is 10.1. The highest BCUT2D eigenvalue weighted by molar-refractivity contribution is 5.44. The molecule has 0 radical (unpaired) electrons. The second-order valence-electron chi connectivity index (χ2n) is 4.57. The molecule has 0 aromatic carbocycles. The number of aliphatic hydroxyl groups excluding tert-OH is 1. The summed E-state index contributed by atoms with van der Waals surface area (Å²) < 4.78 is 3.79. The van der Waals surface area contributed by atoms with Crippen molar-refractivity contribution >= 4 is 0 Å². The Morgan fingerprint density at radius 2 is 1.95 bits per heavy atom. The lowest BCUT2D eigenvalue weighted by molar-refractivity contribution is 0.156. The van der Waals surface area contributed by atoms with Crippen LogP contribution in [-0.4, -0.2) is 29.2 Å². The first-order valence-corrected chi connectivity index (χ1v) is 6.32. The van der Waals surface area contributed by atoms with E-state index in [4.69, 9.17) is 0 Å². The molecule has 3 aromatic heterocycles. The van der Waals surface area contributed by atoms with E-state index in [-0.39, 0.29) is 0 Å². The molecule has 3 aromatic rings. The van der Waals surface area contributed by atoms with Crippen molar-refractivity contribution in [1.29, 1.82) is 0 Å². The molecule has 1 atom stereocenters. The summed E-state index contributed by atoms with van der Waals surface area (Å²) in [6.07, 6.45) is 9.87. The molecule has 0 bridgehead atoms. The summed E-state index contributed by atoms with van der Waals surface area (Å²) in [4.78, 5) is 12.6. The Kier molecular flexibility index (Phi) is 3.30. The van der Waals surface area contributed by atoms with Gasteiger partial charge in [0.1, 0.15) is 0 Å². The third kappa shape index (κ3) is 2.33. The highest BCUT2D eigenvalue weighted by atomic mass is 16.3. The van der Waals surface area contributed by atoms with Crippen molar-refractivity contribution in [3.05, 3.63) is 54.9 Å². The molecule has 0 spiro atoms. The summed E-state index contributed by atoms with van der Waals surface area (Å²) in [7, 11) is 1.92. The van der Waals surface area contributed by atoms with Crippen LogP contribution in [0.2, 0.25) is 0 Å². The molecule has 20 heavy (non-hydrogen) atoms. The minimum absolute atomic E-state index is 0.411. The van der Waals surface area contributed by atoms with Gasteiger partial charge in [0.2, 0.25) is 0 Å². The van der Waals surface area contributed by atoms with Crippen LogP contribution in [0.25, 0.3) is 11.6 Å². The van der Waals surface area contributed by atoms with Gasteiger partial charge in [-0.25, -0.2) is 9.97 Å². The van der Waals surface area contributed by atoms with Crippen molar-refractivity contribution in [2.75, 3.05) is 0 Å². The number of pyridine rings is 1. The minimum Gasteiger partial charge on any atom is -0.386 e.